The Hall–Kier alpha value is -2.63. The number of aromatic amines is 1. The van der Waals surface area contributed by atoms with Gasteiger partial charge in [0.1, 0.15) is 0 Å². The second-order valence-corrected chi connectivity index (χ2v) is 3.99. The van der Waals surface area contributed by atoms with Gasteiger partial charge in [0.15, 0.2) is 0 Å². The normalized spacial score (nSPS) is 11.8. The molecule has 0 saturated carbocycles. The summed E-state index contributed by atoms with van der Waals surface area (Å²) in [5.41, 5.74) is 1.01. The summed E-state index contributed by atoms with van der Waals surface area (Å²) in [5.74, 6) is -1.78. The van der Waals surface area contributed by atoms with Crippen LogP contribution in [0.5, 0.6) is 0 Å². The lowest BCUT2D eigenvalue weighted by Crippen LogP contribution is -2.49. The van der Waals surface area contributed by atoms with E-state index in [4.69, 9.17) is 0 Å². The molecule has 0 aliphatic heterocycles. The molecule has 0 fully saturated rings. The Kier molecular flexibility index (Phi) is 3.92. The lowest BCUT2D eigenvalue weighted by Gasteiger charge is -2.19. The van der Waals surface area contributed by atoms with Crippen LogP contribution in [0.25, 0.3) is 0 Å². The summed E-state index contributed by atoms with van der Waals surface area (Å²) >= 11 is 0. The first-order valence-electron chi connectivity index (χ1n) is 5.71. The highest BCUT2D eigenvalue weighted by Crippen LogP contribution is 2.02. The van der Waals surface area contributed by atoms with Crippen molar-refractivity contribution in [2.45, 2.75) is 12.5 Å². The minimum atomic E-state index is -1.33. The van der Waals surface area contributed by atoms with E-state index < -0.39 is 17.9 Å². The van der Waals surface area contributed by atoms with E-state index in [0.717, 1.165) is 0 Å². The summed E-state index contributed by atoms with van der Waals surface area (Å²) in [6.45, 7) is 0. The standard InChI is InChI=1S/C13H13N3O3/c17-12(9-4-2-1-3-5-9)16-11(13(18)19)6-10-7-14-8-15-10/h1-5,7-8,11H,6H2,(H,14,15)(H,16,17)(H,18,19)/p-1. The second-order valence-electron chi connectivity index (χ2n) is 3.99. The van der Waals surface area contributed by atoms with Gasteiger partial charge in [0.25, 0.3) is 5.91 Å². The van der Waals surface area contributed by atoms with Gasteiger partial charge in [0, 0.05) is 23.9 Å². The van der Waals surface area contributed by atoms with Crippen LogP contribution < -0.4 is 10.4 Å². The van der Waals surface area contributed by atoms with Crippen LogP contribution in [0, 0.1) is 0 Å². The molecule has 1 unspecified atom stereocenters. The van der Waals surface area contributed by atoms with Crippen molar-refractivity contribution in [3.05, 3.63) is 54.1 Å². The number of rotatable bonds is 5. The van der Waals surface area contributed by atoms with E-state index in [1.807, 2.05) is 0 Å². The van der Waals surface area contributed by atoms with Gasteiger partial charge in [-0.3, -0.25) is 4.79 Å². The Balaban J connectivity index is 2.05. The molecule has 0 bridgehead atoms. The Morgan fingerprint density at radius 3 is 2.63 bits per heavy atom. The van der Waals surface area contributed by atoms with Crippen molar-refractivity contribution in [1.29, 1.82) is 0 Å². The summed E-state index contributed by atoms with van der Waals surface area (Å²) in [6.07, 6.45) is 3.05. The van der Waals surface area contributed by atoms with Crippen LogP contribution in [0.1, 0.15) is 16.1 Å². The summed E-state index contributed by atoms with van der Waals surface area (Å²) < 4.78 is 0. The number of hydrogen-bond donors (Lipinski definition) is 2. The molecule has 0 radical (unpaired) electrons. The zero-order chi connectivity index (χ0) is 13.7. The highest BCUT2D eigenvalue weighted by atomic mass is 16.4. The smallest absolute Gasteiger partial charge is 0.251 e. The molecule has 0 aliphatic rings. The van der Waals surface area contributed by atoms with Crippen LogP contribution in [0.4, 0.5) is 0 Å². The fraction of sp³-hybridized carbons (Fsp3) is 0.154. The number of hydrogen-bond acceptors (Lipinski definition) is 4. The summed E-state index contributed by atoms with van der Waals surface area (Å²) in [4.78, 5) is 29.5. The molecular weight excluding hydrogens is 246 g/mol. The number of imidazole rings is 1. The molecular formula is C13H12N3O3-. The molecule has 1 aromatic carbocycles. The number of amides is 1. The number of H-pyrrole nitrogens is 1. The number of carbonyl (C=O) groups excluding carboxylic acids is 2. The third-order valence-electron chi connectivity index (χ3n) is 2.60. The lowest BCUT2D eigenvalue weighted by molar-refractivity contribution is -0.308. The first kappa shape index (κ1) is 12.8. The van der Waals surface area contributed by atoms with Gasteiger partial charge >= 0.3 is 0 Å². The molecule has 2 aromatic rings. The highest BCUT2D eigenvalue weighted by Gasteiger charge is 2.15. The van der Waals surface area contributed by atoms with Crippen LogP contribution in [0.15, 0.2) is 42.9 Å². The number of nitrogens with one attached hydrogen (secondary N) is 2. The predicted molar refractivity (Wildman–Crippen MR) is 65.0 cm³/mol. The van der Waals surface area contributed by atoms with Gasteiger partial charge in [-0.1, -0.05) is 18.2 Å². The highest BCUT2D eigenvalue weighted by molar-refractivity contribution is 5.96. The maximum atomic E-state index is 11.9. The van der Waals surface area contributed by atoms with E-state index >= 15 is 0 Å². The maximum absolute atomic E-state index is 11.9. The number of aromatic nitrogens is 2. The SMILES string of the molecule is O=C(NC(Cc1cnc[nH]1)C(=O)[O-])c1ccccc1. The molecule has 1 aromatic heterocycles. The molecule has 1 amide bonds. The second kappa shape index (κ2) is 5.81. The Labute approximate surface area is 109 Å². The molecule has 2 rings (SSSR count). The van der Waals surface area contributed by atoms with E-state index in [0.29, 0.717) is 11.3 Å². The van der Waals surface area contributed by atoms with Crippen molar-refractivity contribution in [3.8, 4) is 0 Å². The summed E-state index contributed by atoms with van der Waals surface area (Å²) in [6, 6.07) is 7.30. The topological polar surface area (TPSA) is 97.9 Å². The van der Waals surface area contributed by atoms with Crippen LogP contribution >= 0.6 is 0 Å². The molecule has 19 heavy (non-hydrogen) atoms. The number of aliphatic carboxylic acids is 1. The molecule has 0 spiro atoms. The van der Waals surface area contributed by atoms with Crippen LogP contribution in [-0.2, 0) is 11.2 Å². The van der Waals surface area contributed by atoms with Crippen LogP contribution in [0.2, 0.25) is 0 Å². The van der Waals surface area contributed by atoms with Gasteiger partial charge < -0.3 is 20.2 Å². The summed E-state index contributed by atoms with van der Waals surface area (Å²) in [7, 11) is 0. The first-order valence-corrected chi connectivity index (χ1v) is 5.71. The molecule has 1 atom stereocenters. The van der Waals surface area contributed by atoms with Crippen LogP contribution in [0.3, 0.4) is 0 Å². The molecule has 0 aliphatic carbocycles. The first-order chi connectivity index (χ1) is 9.16. The van der Waals surface area contributed by atoms with E-state index in [1.165, 1.54) is 12.5 Å². The minimum absolute atomic E-state index is 0.0981. The average Bonchev–Trinajstić information content (AvgIpc) is 2.91. The van der Waals surface area contributed by atoms with Crippen molar-refractivity contribution in [2.75, 3.05) is 0 Å². The van der Waals surface area contributed by atoms with Crippen molar-refractivity contribution in [3.63, 3.8) is 0 Å². The fourth-order valence-corrected chi connectivity index (χ4v) is 1.64. The zero-order valence-electron chi connectivity index (χ0n) is 10.00. The van der Waals surface area contributed by atoms with Gasteiger partial charge in [-0.05, 0) is 12.1 Å². The Morgan fingerprint density at radius 1 is 1.32 bits per heavy atom. The van der Waals surface area contributed by atoms with E-state index in [1.54, 1.807) is 30.3 Å². The largest absolute Gasteiger partial charge is 0.548 e. The zero-order valence-corrected chi connectivity index (χ0v) is 10.00. The van der Waals surface area contributed by atoms with Crippen molar-refractivity contribution < 1.29 is 14.7 Å². The van der Waals surface area contributed by atoms with Crippen molar-refractivity contribution in [2.24, 2.45) is 0 Å². The van der Waals surface area contributed by atoms with Gasteiger partial charge in [0.05, 0.1) is 18.3 Å². The average molecular weight is 258 g/mol. The fourth-order valence-electron chi connectivity index (χ4n) is 1.64. The van der Waals surface area contributed by atoms with Crippen LogP contribution in [-0.4, -0.2) is 27.9 Å². The lowest BCUT2D eigenvalue weighted by atomic mass is 10.1. The van der Waals surface area contributed by atoms with Gasteiger partial charge in [-0.25, -0.2) is 4.98 Å². The molecule has 6 heteroatoms. The van der Waals surface area contributed by atoms with E-state index in [2.05, 4.69) is 15.3 Å². The molecule has 1 heterocycles. The number of benzene rings is 1. The number of carboxylic acid groups (broad SMARTS) is 1. The molecule has 6 nitrogen and oxygen atoms in total. The van der Waals surface area contributed by atoms with Gasteiger partial charge in [-0.15, -0.1) is 0 Å². The quantitative estimate of drug-likeness (QED) is 0.755. The number of carbonyl (C=O) groups is 2. The number of carboxylic acids is 1. The van der Waals surface area contributed by atoms with E-state index in [-0.39, 0.29) is 6.42 Å². The predicted octanol–water partition coefficient (Wildman–Crippen LogP) is -0.499. The Bertz CT molecular complexity index is 552. The third kappa shape index (κ3) is 3.41. The van der Waals surface area contributed by atoms with Crippen molar-refractivity contribution >= 4 is 11.9 Å². The monoisotopic (exact) mass is 258 g/mol. The van der Waals surface area contributed by atoms with Gasteiger partial charge in [-0.2, -0.15) is 0 Å². The maximum Gasteiger partial charge on any atom is 0.251 e. The van der Waals surface area contributed by atoms with Gasteiger partial charge in [0.2, 0.25) is 0 Å². The summed E-state index contributed by atoms with van der Waals surface area (Å²) in [5, 5.41) is 13.5. The Morgan fingerprint density at radius 2 is 2.05 bits per heavy atom. The van der Waals surface area contributed by atoms with E-state index in [9.17, 15) is 14.7 Å². The molecule has 0 saturated heterocycles. The minimum Gasteiger partial charge on any atom is -0.548 e. The molecule has 2 N–H and O–H groups in total. The van der Waals surface area contributed by atoms with Crippen molar-refractivity contribution in [1.82, 2.24) is 15.3 Å². The third-order valence-corrected chi connectivity index (χ3v) is 2.60. The molecule has 98 valence electrons. The number of nitrogens with zero attached hydrogens (tertiary/aromatic N) is 1.